The summed E-state index contributed by atoms with van der Waals surface area (Å²) in [4.78, 5) is 16.8. The lowest BCUT2D eigenvalue weighted by Gasteiger charge is -2.20. The number of anilines is 1. The number of halogens is 2. The first-order valence-corrected chi connectivity index (χ1v) is 8.01. The van der Waals surface area contributed by atoms with Gasteiger partial charge in [0.1, 0.15) is 11.5 Å². The van der Waals surface area contributed by atoms with E-state index < -0.39 is 11.6 Å². The van der Waals surface area contributed by atoms with E-state index in [-0.39, 0.29) is 11.7 Å². The molecule has 0 spiro atoms. The molecule has 5 heteroatoms. The van der Waals surface area contributed by atoms with Crippen LogP contribution in [0.15, 0.2) is 30.5 Å². The van der Waals surface area contributed by atoms with Crippen LogP contribution in [0.5, 0.6) is 0 Å². The zero-order chi connectivity index (χ0) is 17.5. The van der Waals surface area contributed by atoms with E-state index in [0.717, 1.165) is 0 Å². The van der Waals surface area contributed by atoms with Gasteiger partial charge >= 0.3 is 0 Å². The van der Waals surface area contributed by atoms with Gasteiger partial charge in [0.15, 0.2) is 0 Å². The Labute approximate surface area is 140 Å². The van der Waals surface area contributed by atoms with Crippen molar-refractivity contribution in [3.05, 3.63) is 58.7 Å². The fourth-order valence-electron chi connectivity index (χ4n) is 3.23. The lowest BCUT2D eigenvalue weighted by Crippen LogP contribution is -2.21. The molecule has 24 heavy (non-hydrogen) atoms. The number of fused-ring (bicyclic) bond motifs is 1. The second-order valence-electron chi connectivity index (χ2n) is 6.72. The number of rotatable bonds is 2. The van der Waals surface area contributed by atoms with Crippen LogP contribution in [0.3, 0.4) is 0 Å². The van der Waals surface area contributed by atoms with Crippen LogP contribution >= 0.6 is 0 Å². The molecule has 1 atom stereocenters. The van der Waals surface area contributed by atoms with Gasteiger partial charge in [-0.25, -0.2) is 8.78 Å². The maximum absolute atomic E-state index is 14.4. The van der Waals surface area contributed by atoms with Crippen molar-refractivity contribution >= 4 is 11.6 Å². The molecule has 0 bridgehead atoms. The topological polar surface area (TPSA) is 42.0 Å². The number of aromatic nitrogens is 1. The highest BCUT2D eigenvalue weighted by molar-refractivity contribution is 5.97. The van der Waals surface area contributed by atoms with Crippen molar-refractivity contribution in [2.75, 3.05) is 5.32 Å². The van der Waals surface area contributed by atoms with Crippen molar-refractivity contribution < 1.29 is 13.6 Å². The molecule has 1 aromatic carbocycles. The molecule has 1 amide bonds. The highest BCUT2D eigenvalue weighted by Gasteiger charge is 2.29. The number of carbonyl (C=O) groups is 1. The van der Waals surface area contributed by atoms with Crippen LogP contribution in [0.4, 0.5) is 14.5 Å². The normalized spacial score (nSPS) is 17.9. The minimum absolute atomic E-state index is 0.215. The molecular formula is C19H20F2N2O. The second-order valence-corrected chi connectivity index (χ2v) is 6.72. The summed E-state index contributed by atoms with van der Waals surface area (Å²) in [5.41, 5.74) is 1.22. The van der Waals surface area contributed by atoms with Crippen molar-refractivity contribution in [3.8, 4) is 0 Å². The molecule has 1 N–H and O–H groups in total. The third-order valence-corrected chi connectivity index (χ3v) is 4.53. The average molecular weight is 330 g/mol. The molecule has 1 aliphatic rings. The molecule has 2 heterocycles. The number of benzene rings is 1. The van der Waals surface area contributed by atoms with Crippen LogP contribution in [0.25, 0.3) is 0 Å². The lowest BCUT2D eigenvalue weighted by molar-refractivity contribution is -0.117. The number of nitrogens with zero attached hydrogens (tertiary/aromatic N) is 1. The Morgan fingerprint density at radius 3 is 2.79 bits per heavy atom. The highest BCUT2D eigenvalue weighted by atomic mass is 19.1. The van der Waals surface area contributed by atoms with E-state index in [2.05, 4.69) is 10.3 Å². The second kappa shape index (κ2) is 5.96. The van der Waals surface area contributed by atoms with Gasteiger partial charge in [-0.05, 0) is 57.4 Å². The van der Waals surface area contributed by atoms with Crippen molar-refractivity contribution in [3.63, 3.8) is 0 Å². The molecule has 3 nitrogen and oxygen atoms in total. The number of amides is 1. The number of alkyl halides is 1. The number of nitrogens with one attached hydrogen (secondary N) is 1. The van der Waals surface area contributed by atoms with Gasteiger partial charge < -0.3 is 5.32 Å². The number of pyridine rings is 1. The average Bonchev–Trinajstić information content (AvgIpc) is 2.66. The first-order valence-electron chi connectivity index (χ1n) is 8.01. The highest BCUT2D eigenvalue weighted by Crippen LogP contribution is 2.34. The first-order chi connectivity index (χ1) is 11.3. The molecule has 0 radical (unpaired) electrons. The van der Waals surface area contributed by atoms with Gasteiger partial charge in [-0.15, -0.1) is 0 Å². The van der Waals surface area contributed by atoms with Crippen molar-refractivity contribution in [2.24, 2.45) is 0 Å². The number of hydrogen-bond donors (Lipinski definition) is 1. The van der Waals surface area contributed by atoms with Gasteiger partial charge in [0.25, 0.3) is 0 Å². The van der Waals surface area contributed by atoms with Crippen molar-refractivity contribution in [2.45, 2.75) is 45.2 Å². The Balaban J connectivity index is 1.97. The Morgan fingerprint density at radius 2 is 2.08 bits per heavy atom. The third kappa shape index (κ3) is 3.03. The predicted octanol–water partition coefficient (Wildman–Crippen LogP) is 4.40. The van der Waals surface area contributed by atoms with Crippen LogP contribution in [0.1, 0.15) is 48.6 Å². The van der Waals surface area contributed by atoms with E-state index in [1.54, 1.807) is 31.3 Å². The summed E-state index contributed by atoms with van der Waals surface area (Å²) in [5, 5.41) is 2.78. The van der Waals surface area contributed by atoms with Gasteiger partial charge in [0.05, 0.1) is 5.92 Å². The first kappa shape index (κ1) is 16.6. The fourth-order valence-corrected chi connectivity index (χ4v) is 3.23. The third-order valence-electron chi connectivity index (χ3n) is 4.53. The summed E-state index contributed by atoms with van der Waals surface area (Å²) in [6.45, 7) is 4.69. The number of aryl methyl sites for hydroxylation is 1. The Morgan fingerprint density at radius 1 is 1.33 bits per heavy atom. The predicted molar refractivity (Wildman–Crippen MR) is 89.2 cm³/mol. The van der Waals surface area contributed by atoms with Gasteiger partial charge in [0, 0.05) is 28.7 Å². The Kier molecular flexibility index (Phi) is 4.11. The molecule has 0 saturated heterocycles. The molecule has 2 aromatic rings. The summed E-state index contributed by atoms with van der Waals surface area (Å²) in [7, 11) is 0. The molecule has 126 valence electrons. The Bertz CT molecular complexity index is 796. The molecule has 0 aliphatic carbocycles. The van der Waals surface area contributed by atoms with E-state index in [1.165, 1.54) is 19.9 Å². The van der Waals surface area contributed by atoms with Gasteiger partial charge in [-0.2, -0.15) is 0 Å². The fraction of sp³-hybridized carbons (Fsp3) is 0.368. The maximum Gasteiger partial charge on any atom is 0.231 e. The van der Waals surface area contributed by atoms with Crippen LogP contribution in [-0.4, -0.2) is 10.9 Å². The van der Waals surface area contributed by atoms with E-state index in [1.807, 2.05) is 0 Å². The molecule has 0 saturated carbocycles. The maximum atomic E-state index is 14.4. The van der Waals surface area contributed by atoms with Crippen LogP contribution < -0.4 is 5.32 Å². The zero-order valence-electron chi connectivity index (χ0n) is 14.0. The number of hydrogen-bond acceptors (Lipinski definition) is 2. The minimum Gasteiger partial charge on any atom is -0.325 e. The zero-order valence-corrected chi connectivity index (χ0v) is 14.0. The van der Waals surface area contributed by atoms with E-state index in [4.69, 9.17) is 0 Å². The summed E-state index contributed by atoms with van der Waals surface area (Å²) in [6.07, 6.45) is 2.51. The van der Waals surface area contributed by atoms with Gasteiger partial charge in [-0.1, -0.05) is 6.07 Å². The van der Waals surface area contributed by atoms with Crippen LogP contribution in [-0.2, 0) is 16.9 Å². The summed E-state index contributed by atoms with van der Waals surface area (Å²) < 4.78 is 28.4. The monoisotopic (exact) mass is 330 g/mol. The largest absolute Gasteiger partial charge is 0.325 e. The lowest BCUT2D eigenvalue weighted by atomic mass is 9.90. The molecule has 0 fully saturated rings. The van der Waals surface area contributed by atoms with E-state index in [0.29, 0.717) is 40.9 Å². The molecule has 1 aromatic heterocycles. The van der Waals surface area contributed by atoms with Gasteiger partial charge in [0.2, 0.25) is 5.91 Å². The van der Waals surface area contributed by atoms with Gasteiger partial charge in [-0.3, -0.25) is 9.78 Å². The molecule has 1 aliphatic heterocycles. The Hall–Kier alpha value is -2.30. The molecular weight excluding hydrogens is 310 g/mol. The summed E-state index contributed by atoms with van der Waals surface area (Å²) in [5.74, 6) is -1.01. The SMILES string of the molecule is Cc1ncc(C2CCc3c(F)cccc3NC2=O)cc1C(C)(C)F. The summed E-state index contributed by atoms with van der Waals surface area (Å²) >= 11 is 0. The molecule has 3 rings (SSSR count). The quantitative estimate of drug-likeness (QED) is 0.886. The molecule has 1 unspecified atom stereocenters. The number of carbonyl (C=O) groups excluding carboxylic acids is 1. The van der Waals surface area contributed by atoms with Crippen molar-refractivity contribution in [1.82, 2.24) is 4.98 Å². The standard InChI is InChI=1S/C19H20F2N2O/c1-11-15(19(2,3)21)9-12(10-22-11)13-7-8-14-16(20)5-4-6-17(14)23-18(13)24/h4-6,9-10,13H,7-8H2,1-3H3,(H,23,24). The van der Waals surface area contributed by atoms with Crippen LogP contribution in [0.2, 0.25) is 0 Å². The van der Waals surface area contributed by atoms with E-state index >= 15 is 0 Å². The van der Waals surface area contributed by atoms with Crippen LogP contribution in [0, 0.1) is 12.7 Å². The smallest absolute Gasteiger partial charge is 0.231 e. The van der Waals surface area contributed by atoms with Crippen molar-refractivity contribution in [1.29, 1.82) is 0 Å². The van der Waals surface area contributed by atoms with E-state index in [9.17, 15) is 13.6 Å². The minimum atomic E-state index is -1.54. The summed E-state index contributed by atoms with van der Waals surface area (Å²) in [6, 6.07) is 6.37.